The van der Waals surface area contributed by atoms with Gasteiger partial charge in [0.05, 0.1) is 11.4 Å². The Labute approximate surface area is 213 Å². The second-order valence-electron chi connectivity index (χ2n) is 8.01. The summed E-state index contributed by atoms with van der Waals surface area (Å²) in [6, 6.07) is 14.5. The highest BCUT2D eigenvalue weighted by atomic mass is 35.5. The van der Waals surface area contributed by atoms with Gasteiger partial charge in [-0.15, -0.1) is 11.6 Å². The maximum absolute atomic E-state index is 13.7. The van der Waals surface area contributed by atoms with Gasteiger partial charge in [0.2, 0.25) is 0 Å². The van der Waals surface area contributed by atoms with E-state index in [0.717, 1.165) is 60.6 Å². The lowest BCUT2D eigenvalue weighted by molar-refractivity contribution is 0.590. The third-order valence-corrected chi connectivity index (χ3v) is 5.92. The third kappa shape index (κ3) is 7.41. The standard InChI is InChI=1S/C28H27ClFN3.C2H6/c29-18-6-2-5-11-26-32-27(23-12-14-25(30)15-13-23)28(24-16-19-31-20-17-24)33(26)21-7-10-22-8-3-1-4-9-22;1-2/h1,3-4,8-9,12,14,16-17,19-20H,2,6-7,10,13,15,18,21H2;1-2H3. The third-order valence-electron chi connectivity index (χ3n) is 5.65. The average Bonchev–Trinajstić information content (AvgIpc) is 3.27. The molecule has 0 radical (unpaired) electrons. The Hall–Kier alpha value is -3.16. The van der Waals surface area contributed by atoms with Gasteiger partial charge in [0.15, 0.2) is 5.82 Å². The first-order chi connectivity index (χ1) is 17.3. The molecule has 0 bridgehead atoms. The molecule has 0 saturated carbocycles. The summed E-state index contributed by atoms with van der Waals surface area (Å²) < 4.78 is 15.9. The van der Waals surface area contributed by atoms with E-state index in [1.165, 1.54) is 5.56 Å². The van der Waals surface area contributed by atoms with Crippen molar-refractivity contribution >= 4 is 17.2 Å². The van der Waals surface area contributed by atoms with Crippen LogP contribution in [0.1, 0.15) is 63.0 Å². The van der Waals surface area contributed by atoms with Crippen LogP contribution in [0, 0.1) is 11.8 Å². The molecule has 0 atom stereocenters. The van der Waals surface area contributed by atoms with Crippen LogP contribution in [0.15, 0.2) is 72.8 Å². The van der Waals surface area contributed by atoms with Crippen molar-refractivity contribution in [3.8, 4) is 23.1 Å². The van der Waals surface area contributed by atoms with Crippen molar-refractivity contribution in [2.75, 3.05) is 5.88 Å². The van der Waals surface area contributed by atoms with Crippen molar-refractivity contribution in [3.05, 3.63) is 89.9 Å². The fourth-order valence-corrected chi connectivity index (χ4v) is 4.12. The minimum absolute atomic E-state index is 0.0902. The number of hydrogen-bond donors (Lipinski definition) is 0. The van der Waals surface area contributed by atoms with E-state index in [0.29, 0.717) is 18.7 Å². The van der Waals surface area contributed by atoms with Crippen molar-refractivity contribution < 1.29 is 4.39 Å². The van der Waals surface area contributed by atoms with Gasteiger partial charge in [0, 0.05) is 43.2 Å². The summed E-state index contributed by atoms with van der Waals surface area (Å²) in [6.07, 6.45) is 11.5. The number of alkyl halides is 1. The van der Waals surface area contributed by atoms with Crippen LogP contribution in [-0.4, -0.2) is 20.4 Å². The van der Waals surface area contributed by atoms with Crippen LogP contribution in [-0.2, 0) is 13.0 Å². The molecule has 5 heteroatoms. The monoisotopic (exact) mass is 489 g/mol. The highest BCUT2D eigenvalue weighted by Crippen LogP contribution is 2.35. The van der Waals surface area contributed by atoms with E-state index in [-0.39, 0.29) is 5.83 Å². The summed E-state index contributed by atoms with van der Waals surface area (Å²) in [7, 11) is 0. The molecular formula is C30H33ClFN3. The summed E-state index contributed by atoms with van der Waals surface area (Å²) in [5.41, 5.74) is 5.29. The summed E-state index contributed by atoms with van der Waals surface area (Å²) >= 11 is 5.83. The van der Waals surface area contributed by atoms with Gasteiger partial charge in [-0.3, -0.25) is 4.98 Å². The molecule has 3 aromatic rings. The molecule has 0 unspecified atom stereocenters. The molecule has 0 N–H and O–H groups in total. The van der Waals surface area contributed by atoms with Crippen molar-refractivity contribution in [2.45, 2.75) is 58.9 Å². The Kier molecular flexibility index (Phi) is 10.8. The number of aryl methyl sites for hydroxylation is 1. The number of allylic oxidation sites excluding steroid dienone is 4. The molecule has 0 aliphatic heterocycles. The summed E-state index contributed by atoms with van der Waals surface area (Å²) in [5.74, 6) is 7.77. The molecule has 0 fully saturated rings. The second-order valence-corrected chi connectivity index (χ2v) is 8.39. The molecule has 2 aromatic heterocycles. The van der Waals surface area contributed by atoms with Gasteiger partial charge in [-0.2, -0.15) is 0 Å². The zero-order valence-corrected chi connectivity index (χ0v) is 21.4. The highest BCUT2D eigenvalue weighted by Gasteiger charge is 2.22. The molecular weight excluding hydrogens is 457 g/mol. The largest absolute Gasteiger partial charge is 0.317 e. The number of unbranched alkanes of at least 4 members (excludes halogenated alkanes) is 1. The van der Waals surface area contributed by atoms with Gasteiger partial charge in [0.25, 0.3) is 0 Å². The van der Waals surface area contributed by atoms with Crippen LogP contribution >= 0.6 is 11.6 Å². The van der Waals surface area contributed by atoms with Crippen molar-refractivity contribution in [1.82, 2.24) is 14.5 Å². The van der Waals surface area contributed by atoms with E-state index in [4.69, 9.17) is 16.6 Å². The van der Waals surface area contributed by atoms with Crippen LogP contribution in [0.3, 0.4) is 0 Å². The number of nitrogens with zero attached hydrogens (tertiary/aromatic N) is 3. The first kappa shape index (κ1) is 26.4. The maximum atomic E-state index is 13.7. The molecule has 35 heavy (non-hydrogen) atoms. The molecule has 1 aliphatic rings. The minimum Gasteiger partial charge on any atom is -0.317 e. The molecule has 1 aliphatic carbocycles. The summed E-state index contributed by atoms with van der Waals surface area (Å²) in [5, 5.41) is 0. The Morgan fingerprint density at radius 2 is 1.77 bits per heavy atom. The lowest BCUT2D eigenvalue weighted by atomic mass is 9.98. The fraction of sp³-hybridized carbons (Fsp3) is 0.333. The number of rotatable bonds is 8. The van der Waals surface area contributed by atoms with Gasteiger partial charge in [-0.25, -0.2) is 9.37 Å². The maximum Gasteiger partial charge on any atom is 0.186 e. The molecule has 0 saturated heterocycles. The highest BCUT2D eigenvalue weighted by molar-refractivity contribution is 6.17. The van der Waals surface area contributed by atoms with E-state index in [9.17, 15) is 4.39 Å². The van der Waals surface area contributed by atoms with Gasteiger partial charge in [-0.05, 0) is 60.9 Å². The van der Waals surface area contributed by atoms with Gasteiger partial charge in [0.1, 0.15) is 5.83 Å². The number of imidazole rings is 1. The SMILES string of the molecule is CC.FC1=CC=C(c2nc(C#CCCCCl)n(CCCc3ccccc3)c2-c2ccncc2)CC1. The van der Waals surface area contributed by atoms with E-state index >= 15 is 0 Å². The second kappa shape index (κ2) is 14.3. The lowest BCUT2D eigenvalue weighted by Gasteiger charge is -2.14. The minimum atomic E-state index is -0.0902. The normalized spacial score (nSPS) is 12.6. The number of benzene rings is 1. The Morgan fingerprint density at radius 3 is 2.46 bits per heavy atom. The van der Waals surface area contributed by atoms with Gasteiger partial charge < -0.3 is 4.57 Å². The zero-order valence-electron chi connectivity index (χ0n) is 20.6. The zero-order chi connectivity index (χ0) is 24.9. The molecule has 1 aromatic carbocycles. The Bertz CT molecular complexity index is 1180. The first-order valence-electron chi connectivity index (χ1n) is 12.4. The number of pyridine rings is 1. The summed E-state index contributed by atoms with van der Waals surface area (Å²) in [4.78, 5) is 9.16. The predicted molar refractivity (Wildman–Crippen MR) is 145 cm³/mol. The topological polar surface area (TPSA) is 30.7 Å². The average molecular weight is 490 g/mol. The smallest absolute Gasteiger partial charge is 0.186 e. The lowest BCUT2D eigenvalue weighted by Crippen LogP contribution is -2.05. The Balaban J connectivity index is 0.00000167. The number of hydrogen-bond acceptors (Lipinski definition) is 2. The quantitative estimate of drug-likeness (QED) is 0.182. The molecule has 3 nitrogen and oxygen atoms in total. The first-order valence-corrected chi connectivity index (χ1v) is 12.9. The van der Waals surface area contributed by atoms with Crippen LogP contribution in [0.4, 0.5) is 4.39 Å². The van der Waals surface area contributed by atoms with Crippen LogP contribution < -0.4 is 0 Å². The van der Waals surface area contributed by atoms with Crippen LogP contribution in [0.25, 0.3) is 16.8 Å². The molecule has 2 heterocycles. The van der Waals surface area contributed by atoms with E-state index < -0.39 is 0 Å². The van der Waals surface area contributed by atoms with Gasteiger partial charge in [-0.1, -0.05) is 56.2 Å². The predicted octanol–water partition coefficient (Wildman–Crippen LogP) is 8.01. The molecule has 0 amide bonds. The van der Waals surface area contributed by atoms with Crippen molar-refractivity contribution in [3.63, 3.8) is 0 Å². The van der Waals surface area contributed by atoms with E-state index in [1.54, 1.807) is 18.5 Å². The van der Waals surface area contributed by atoms with Crippen molar-refractivity contribution in [1.29, 1.82) is 0 Å². The number of aromatic nitrogens is 3. The molecule has 4 rings (SSSR count). The molecule has 0 spiro atoms. The van der Waals surface area contributed by atoms with Crippen molar-refractivity contribution in [2.24, 2.45) is 0 Å². The van der Waals surface area contributed by atoms with Crippen LogP contribution in [0.2, 0.25) is 0 Å². The van der Waals surface area contributed by atoms with Crippen LogP contribution in [0.5, 0.6) is 0 Å². The molecule has 182 valence electrons. The van der Waals surface area contributed by atoms with E-state index in [2.05, 4.69) is 45.7 Å². The number of halogens is 2. The van der Waals surface area contributed by atoms with E-state index in [1.807, 2.05) is 38.1 Å². The summed E-state index contributed by atoms with van der Waals surface area (Å²) in [6.45, 7) is 4.79. The van der Waals surface area contributed by atoms with Gasteiger partial charge >= 0.3 is 0 Å². The fourth-order valence-electron chi connectivity index (χ4n) is 3.98. The Morgan fingerprint density at radius 1 is 1.00 bits per heavy atom.